The third kappa shape index (κ3) is 5.55. The Morgan fingerprint density at radius 1 is 1.42 bits per heavy atom. The lowest BCUT2D eigenvalue weighted by Crippen LogP contribution is -2.32. The van der Waals surface area contributed by atoms with Crippen LogP contribution in [0, 0.1) is 0 Å². The number of hydrogen-bond donors (Lipinski definition) is 1. The summed E-state index contributed by atoms with van der Waals surface area (Å²) >= 11 is 1.37. The minimum Gasteiger partial charge on any atom is -0.497 e. The number of nitrogens with zero attached hydrogens (tertiary/aromatic N) is 4. The van der Waals surface area contributed by atoms with Crippen molar-refractivity contribution in [1.29, 1.82) is 0 Å². The molecule has 0 radical (unpaired) electrons. The fourth-order valence-electron chi connectivity index (χ4n) is 2.68. The number of aromatic nitrogens is 4. The second-order valence-electron chi connectivity index (χ2n) is 5.81. The van der Waals surface area contributed by atoms with Crippen LogP contribution >= 0.6 is 24.2 Å². The topological polar surface area (TPSA) is 81.9 Å². The third-order valence-electron chi connectivity index (χ3n) is 3.90. The molecule has 1 aliphatic heterocycles. The van der Waals surface area contributed by atoms with E-state index < -0.39 is 0 Å². The molecule has 0 aliphatic carbocycles. The first-order chi connectivity index (χ1) is 12.1. The zero-order valence-corrected chi connectivity index (χ0v) is 16.3. The number of benzene rings is 1. The highest BCUT2D eigenvalue weighted by Gasteiger charge is 2.21. The van der Waals surface area contributed by atoms with Crippen LogP contribution in [0.15, 0.2) is 29.8 Å². The number of tetrazole rings is 1. The first-order valence-electron chi connectivity index (χ1n) is 8.13. The maximum atomic E-state index is 11.4. The van der Waals surface area contributed by atoms with Gasteiger partial charge in [0.2, 0.25) is 0 Å². The number of nitrogens with one attached hydrogen (secondary N) is 1. The zero-order chi connectivity index (χ0) is 17.6. The normalized spacial score (nSPS) is 18.4. The molecule has 1 unspecified atom stereocenters. The highest BCUT2D eigenvalue weighted by atomic mass is 35.5. The Hall–Kier alpha value is -1.90. The van der Waals surface area contributed by atoms with Crippen molar-refractivity contribution >= 4 is 35.4 Å². The Balaban J connectivity index is 0.00000243. The van der Waals surface area contributed by atoms with Gasteiger partial charge in [-0.25, -0.2) is 0 Å². The summed E-state index contributed by atoms with van der Waals surface area (Å²) in [6, 6.07) is 7.77. The smallest absolute Gasteiger partial charge is 0.197 e. The Kier molecular flexibility index (Phi) is 7.62. The van der Waals surface area contributed by atoms with Gasteiger partial charge >= 0.3 is 0 Å². The maximum Gasteiger partial charge on any atom is 0.197 e. The fourth-order valence-corrected chi connectivity index (χ4v) is 3.62. The summed E-state index contributed by atoms with van der Waals surface area (Å²) in [5.41, 5.74) is 2.21. The van der Waals surface area contributed by atoms with Crippen molar-refractivity contribution in [2.75, 3.05) is 20.2 Å². The molecule has 3 rings (SSSR count). The molecule has 2 heterocycles. The quantitative estimate of drug-likeness (QED) is 0.830. The molecule has 9 heteroatoms. The van der Waals surface area contributed by atoms with Crippen LogP contribution in [0.5, 0.6) is 5.75 Å². The number of rotatable bonds is 5. The first kappa shape index (κ1) is 20.4. The molecular formula is C17H22ClN5O2S. The van der Waals surface area contributed by atoms with E-state index in [1.54, 1.807) is 18.8 Å². The Morgan fingerprint density at radius 2 is 2.19 bits per heavy atom. The fraction of sp³-hybridized carbons (Fsp3) is 0.412. The summed E-state index contributed by atoms with van der Waals surface area (Å²) < 4.78 is 5.16. The molecule has 0 bridgehead atoms. The van der Waals surface area contributed by atoms with E-state index in [-0.39, 0.29) is 22.8 Å². The number of ether oxygens (including phenoxy) is 1. The summed E-state index contributed by atoms with van der Waals surface area (Å²) in [6.45, 7) is 3.82. The third-order valence-corrected chi connectivity index (χ3v) is 5.05. The summed E-state index contributed by atoms with van der Waals surface area (Å²) in [7, 11) is 1.64. The second kappa shape index (κ2) is 9.70. The Labute approximate surface area is 163 Å². The van der Waals surface area contributed by atoms with E-state index in [2.05, 4.69) is 20.7 Å². The van der Waals surface area contributed by atoms with E-state index in [1.165, 1.54) is 11.8 Å². The van der Waals surface area contributed by atoms with Crippen molar-refractivity contribution in [3.8, 4) is 5.75 Å². The molecule has 1 saturated heterocycles. The van der Waals surface area contributed by atoms with Gasteiger partial charge in [-0.2, -0.15) is 4.80 Å². The highest BCUT2D eigenvalue weighted by Crippen LogP contribution is 2.26. The van der Waals surface area contributed by atoms with Crippen molar-refractivity contribution in [2.24, 2.45) is 0 Å². The lowest BCUT2D eigenvalue weighted by Gasteiger charge is -2.24. The summed E-state index contributed by atoms with van der Waals surface area (Å²) in [6.07, 6.45) is 2.86. The van der Waals surface area contributed by atoms with E-state index in [0.717, 1.165) is 36.4 Å². The van der Waals surface area contributed by atoms with Gasteiger partial charge < -0.3 is 10.1 Å². The van der Waals surface area contributed by atoms with Crippen LogP contribution in [0.2, 0.25) is 0 Å². The molecule has 1 atom stereocenters. The number of halogens is 1. The second-order valence-corrected chi connectivity index (χ2v) is 7.19. The van der Waals surface area contributed by atoms with Gasteiger partial charge in [-0.1, -0.05) is 23.9 Å². The Morgan fingerprint density at radius 3 is 2.88 bits per heavy atom. The van der Waals surface area contributed by atoms with Crippen LogP contribution in [0.25, 0.3) is 6.08 Å². The van der Waals surface area contributed by atoms with Crippen molar-refractivity contribution < 1.29 is 9.53 Å². The summed E-state index contributed by atoms with van der Waals surface area (Å²) in [4.78, 5) is 13.0. The summed E-state index contributed by atoms with van der Waals surface area (Å²) in [5, 5.41) is 16.3. The van der Waals surface area contributed by atoms with Gasteiger partial charge in [-0.3, -0.25) is 4.79 Å². The minimum absolute atomic E-state index is 0. The number of piperidine rings is 1. The monoisotopic (exact) mass is 395 g/mol. The molecule has 1 fully saturated rings. The number of thioether (sulfide) groups is 1. The molecule has 1 aromatic carbocycles. The minimum atomic E-state index is 0. The van der Waals surface area contributed by atoms with Gasteiger partial charge in [-0.15, -0.1) is 22.6 Å². The van der Waals surface area contributed by atoms with E-state index in [9.17, 15) is 4.79 Å². The van der Waals surface area contributed by atoms with E-state index in [1.807, 2.05) is 30.3 Å². The van der Waals surface area contributed by atoms with Crippen LogP contribution in [-0.2, 0) is 11.3 Å². The Bertz CT molecular complexity index is 763. The largest absolute Gasteiger partial charge is 0.497 e. The van der Waals surface area contributed by atoms with E-state index >= 15 is 0 Å². The number of carbonyl (C=O) groups is 1. The van der Waals surface area contributed by atoms with Gasteiger partial charge in [0.15, 0.2) is 10.9 Å². The van der Waals surface area contributed by atoms with Gasteiger partial charge in [0.1, 0.15) is 5.75 Å². The molecule has 1 aliphatic rings. The molecule has 2 aromatic rings. The number of methoxy groups -OCH3 is 1. The average Bonchev–Trinajstić information content (AvgIpc) is 3.04. The molecule has 0 saturated carbocycles. The van der Waals surface area contributed by atoms with Crippen LogP contribution in [0.1, 0.15) is 24.7 Å². The van der Waals surface area contributed by atoms with Gasteiger partial charge in [0, 0.05) is 18.7 Å². The molecule has 0 amide bonds. The van der Waals surface area contributed by atoms with Gasteiger partial charge in [0.25, 0.3) is 0 Å². The predicted molar refractivity (Wildman–Crippen MR) is 105 cm³/mol. The van der Waals surface area contributed by atoms with E-state index in [4.69, 9.17) is 4.74 Å². The predicted octanol–water partition coefficient (Wildman–Crippen LogP) is 2.18. The van der Waals surface area contributed by atoms with Crippen LogP contribution < -0.4 is 10.1 Å². The molecule has 140 valence electrons. The SMILES string of the molecule is COc1ccc(Cn2nnc(C=C3CNCCC3SC(C)=O)n2)cc1.Cl. The van der Waals surface area contributed by atoms with Gasteiger partial charge in [0.05, 0.1) is 13.7 Å². The van der Waals surface area contributed by atoms with Crippen molar-refractivity contribution in [3.63, 3.8) is 0 Å². The molecule has 7 nitrogen and oxygen atoms in total. The molecule has 0 spiro atoms. The van der Waals surface area contributed by atoms with Crippen LogP contribution in [0.3, 0.4) is 0 Å². The lowest BCUT2D eigenvalue weighted by atomic mass is 10.1. The molecule has 1 N–H and O–H groups in total. The van der Waals surface area contributed by atoms with Crippen molar-refractivity contribution in [1.82, 2.24) is 25.5 Å². The number of carbonyl (C=O) groups excluding carboxylic acids is 1. The van der Waals surface area contributed by atoms with Crippen LogP contribution in [-0.4, -0.2) is 50.8 Å². The maximum absolute atomic E-state index is 11.4. The zero-order valence-electron chi connectivity index (χ0n) is 14.7. The first-order valence-corrected chi connectivity index (χ1v) is 9.01. The van der Waals surface area contributed by atoms with Gasteiger partial charge in [-0.05, 0) is 47.5 Å². The highest BCUT2D eigenvalue weighted by molar-refractivity contribution is 8.14. The molecular weight excluding hydrogens is 374 g/mol. The number of hydrogen-bond acceptors (Lipinski definition) is 7. The van der Waals surface area contributed by atoms with Crippen molar-refractivity contribution in [3.05, 3.63) is 41.2 Å². The molecule has 1 aromatic heterocycles. The van der Waals surface area contributed by atoms with Crippen LogP contribution in [0.4, 0.5) is 0 Å². The molecule has 26 heavy (non-hydrogen) atoms. The van der Waals surface area contributed by atoms with E-state index in [0.29, 0.717) is 12.4 Å². The summed E-state index contributed by atoms with van der Waals surface area (Å²) in [5.74, 6) is 1.39. The lowest BCUT2D eigenvalue weighted by molar-refractivity contribution is -0.109. The average molecular weight is 396 g/mol. The van der Waals surface area contributed by atoms with Crippen molar-refractivity contribution in [2.45, 2.75) is 25.1 Å². The standard InChI is InChI=1S/C17H21N5O2S.ClH/c1-12(23)25-16-7-8-18-10-14(16)9-17-19-21-22(20-17)11-13-3-5-15(24-2)6-4-13;/h3-6,9,16,18H,7-8,10-11H2,1-2H3;1H.